The van der Waals surface area contributed by atoms with Gasteiger partial charge in [-0.3, -0.25) is 19.3 Å². The molecule has 0 unspecified atom stereocenters. The van der Waals surface area contributed by atoms with Gasteiger partial charge in [-0.1, -0.05) is 6.07 Å². The lowest BCUT2D eigenvalue weighted by Crippen LogP contribution is -2.32. The van der Waals surface area contributed by atoms with E-state index in [0.717, 1.165) is 0 Å². The van der Waals surface area contributed by atoms with Gasteiger partial charge in [0.2, 0.25) is 21.8 Å². The van der Waals surface area contributed by atoms with E-state index in [9.17, 15) is 13.5 Å². The number of nitrogens with one attached hydrogen (secondary N) is 1. The summed E-state index contributed by atoms with van der Waals surface area (Å²) < 4.78 is 47.3. The fourth-order valence-electron chi connectivity index (χ4n) is 3.51. The van der Waals surface area contributed by atoms with E-state index in [1.54, 1.807) is 44.2 Å². The van der Waals surface area contributed by atoms with E-state index >= 15 is 0 Å². The van der Waals surface area contributed by atoms with Crippen LogP contribution in [-0.4, -0.2) is 57.7 Å². The number of methoxy groups -OCH3 is 2. The molecule has 13 heteroatoms. The zero-order valence-corrected chi connectivity index (χ0v) is 21.1. The van der Waals surface area contributed by atoms with Crippen LogP contribution in [-0.2, 0) is 10.0 Å². The Morgan fingerprint density at radius 1 is 1.03 bits per heavy atom. The third-order valence-corrected chi connectivity index (χ3v) is 7.22. The molecule has 0 fully saturated rings. The first-order valence-corrected chi connectivity index (χ1v) is 12.4. The summed E-state index contributed by atoms with van der Waals surface area (Å²) in [6.07, 6.45) is 1.35. The predicted octanol–water partition coefficient (Wildman–Crippen LogP) is 2.82. The number of benzene rings is 1. The average Bonchev–Trinajstić information content (AvgIpc) is 3.48. The van der Waals surface area contributed by atoms with E-state index in [-0.39, 0.29) is 17.5 Å². The second-order valence-electron chi connectivity index (χ2n) is 7.98. The molecule has 2 N–H and O–H groups in total. The lowest BCUT2D eigenvalue weighted by molar-refractivity contribution is 0.171. The summed E-state index contributed by atoms with van der Waals surface area (Å²) in [4.78, 5) is 8.17. The Labute approximate surface area is 208 Å². The van der Waals surface area contributed by atoms with Crippen LogP contribution in [0.1, 0.15) is 30.2 Å². The quantitative estimate of drug-likeness (QED) is 0.341. The molecule has 1 aromatic carbocycles. The van der Waals surface area contributed by atoms with E-state index in [0.29, 0.717) is 34.4 Å². The highest BCUT2D eigenvalue weighted by molar-refractivity contribution is 7.93. The van der Waals surface area contributed by atoms with Crippen molar-refractivity contribution < 1.29 is 27.4 Å². The molecule has 0 aliphatic heterocycles. The number of para-hydroxylation sites is 1. The summed E-state index contributed by atoms with van der Waals surface area (Å²) in [5.41, 5.74) is 1.11. The lowest BCUT2D eigenvalue weighted by Gasteiger charge is -2.21. The van der Waals surface area contributed by atoms with Gasteiger partial charge >= 0.3 is 0 Å². The minimum Gasteiger partial charge on any atom is -0.494 e. The van der Waals surface area contributed by atoms with E-state index in [1.807, 2.05) is 0 Å². The highest BCUT2D eigenvalue weighted by Gasteiger charge is 2.33. The molecule has 0 saturated carbocycles. The van der Waals surface area contributed by atoms with Gasteiger partial charge in [-0.25, -0.2) is 8.42 Å². The molecule has 190 valence electrons. The molecule has 4 aromatic rings. The number of aryl methyl sites for hydroxylation is 2. The van der Waals surface area contributed by atoms with Crippen molar-refractivity contribution in [2.24, 2.45) is 0 Å². The Bertz CT molecular complexity index is 1440. The van der Waals surface area contributed by atoms with Crippen LogP contribution in [0.3, 0.4) is 0 Å². The van der Waals surface area contributed by atoms with Crippen molar-refractivity contribution in [2.75, 3.05) is 18.9 Å². The minimum absolute atomic E-state index is 0.123. The summed E-state index contributed by atoms with van der Waals surface area (Å²) in [6, 6.07) is 8.55. The molecular weight excluding hydrogens is 488 g/mol. The van der Waals surface area contributed by atoms with Crippen LogP contribution in [0, 0.1) is 13.8 Å². The Hall–Kier alpha value is -3.97. The molecule has 0 aliphatic carbocycles. The second-order valence-corrected chi connectivity index (χ2v) is 10.0. The van der Waals surface area contributed by atoms with E-state index in [4.69, 9.17) is 13.9 Å². The Balaban J connectivity index is 1.81. The Kier molecular flexibility index (Phi) is 6.95. The number of sulfonamides is 1. The molecule has 0 aliphatic rings. The number of ether oxygens (including phenoxy) is 2. The van der Waals surface area contributed by atoms with Crippen LogP contribution in [0.15, 0.2) is 47.1 Å². The molecule has 0 spiro atoms. The van der Waals surface area contributed by atoms with Crippen molar-refractivity contribution in [2.45, 2.75) is 32.1 Å². The lowest BCUT2D eigenvalue weighted by atomic mass is 10.2. The highest BCUT2D eigenvalue weighted by atomic mass is 32.2. The minimum atomic E-state index is -4.21. The summed E-state index contributed by atoms with van der Waals surface area (Å²) in [5.74, 6) is 1.78. The molecule has 2 atom stereocenters. The van der Waals surface area contributed by atoms with Gasteiger partial charge in [0, 0.05) is 6.20 Å². The standard InChI is InChI=1S/C23H26N6O6S/c1-13-11-25-16(12-24-13)21(30)15(3)36(31,32)28-23-27-26-22(19-10-9-14(2)35-19)29(23)20-17(33-4)7-6-8-18(20)34-5/h6-12,15,21,30H,1-5H3,(H,27,28)/t15-,21-/m1/s1. The first-order chi connectivity index (χ1) is 17.2. The van der Waals surface area contributed by atoms with Gasteiger partial charge in [0.1, 0.15) is 34.3 Å². The maximum Gasteiger partial charge on any atom is 0.243 e. The monoisotopic (exact) mass is 514 g/mol. The maximum atomic E-state index is 13.3. The zero-order chi connectivity index (χ0) is 26.0. The largest absolute Gasteiger partial charge is 0.494 e. The summed E-state index contributed by atoms with van der Waals surface area (Å²) in [7, 11) is -1.25. The fourth-order valence-corrected chi connectivity index (χ4v) is 4.57. The number of rotatable bonds is 9. The molecule has 12 nitrogen and oxygen atoms in total. The second kappa shape index (κ2) is 9.95. The highest BCUT2D eigenvalue weighted by Crippen LogP contribution is 2.38. The van der Waals surface area contributed by atoms with Gasteiger partial charge in [-0.05, 0) is 45.0 Å². The van der Waals surface area contributed by atoms with Crippen molar-refractivity contribution in [3.05, 3.63) is 59.9 Å². The summed E-state index contributed by atoms with van der Waals surface area (Å²) in [6.45, 7) is 4.87. The van der Waals surface area contributed by atoms with Crippen LogP contribution in [0.5, 0.6) is 11.5 Å². The smallest absolute Gasteiger partial charge is 0.243 e. The number of hydrogen-bond donors (Lipinski definition) is 2. The van der Waals surface area contributed by atoms with Crippen molar-refractivity contribution in [3.63, 3.8) is 0 Å². The first-order valence-electron chi connectivity index (χ1n) is 10.9. The van der Waals surface area contributed by atoms with Crippen LogP contribution >= 0.6 is 0 Å². The molecule has 3 aromatic heterocycles. The topological polar surface area (TPSA) is 154 Å². The van der Waals surface area contributed by atoms with Crippen LogP contribution < -0.4 is 14.2 Å². The van der Waals surface area contributed by atoms with Crippen LogP contribution in [0.4, 0.5) is 5.95 Å². The number of hydrogen-bond acceptors (Lipinski definition) is 10. The van der Waals surface area contributed by atoms with Gasteiger partial charge in [0.05, 0.1) is 31.8 Å². The van der Waals surface area contributed by atoms with Gasteiger partial charge in [0.25, 0.3) is 0 Å². The molecule has 4 rings (SSSR count). The first kappa shape index (κ1) is 25.1. The Morgan fingerprint density at radius 2 is 1.72 bits per heavy atom. The number of aliphatic hydroxyl groups is 1. The number of aromatic nitrogens is 5. The molecule has 3 heterocycles. The number of furan rings is 1. The fraction of sp³-hybridized carbons (Fsp3) is 0.304. The molecular formula is C23H26N6O6S. The van der Waals surface area contributed by atoms with Gasteiger partial charge < -0.3 is 19.0 Å². The van der Waals surface area contributed by atoms with E-state index in [2.05, 4.69) is 24.9 Å². The molecule has 0 bridgehead atoms. The van der Waals surface area contributed by atoms with Gasteiger partial charge in [0.15, 0.2) is 5.76 Å². The van der Waals surface area contributed by atoms with Crippen molar-refractivity contribution >= 4 is 16.0 Å². The average molecular weight is 515 g/mol. The van der Waals surface area contributed by atoms with Crippen LogP contribution in [0.25, 0.3) is 17.3 Å². The van der Waals surface area contributed by atoms with Crippen molar-refractivity contribution in [1.29, 1.82) is 0 Å². The zero-order valence-electron chi connectivity index (χ0n) is 20.3. The Morgan fingerprint density at radius 3 is 2.28 bits per heavy atom. The molecule has 0 amide bonds. The van der Waals surface area contributed by atoms with E-state index < -0.39 is 21.4 Å². The molecule has 0 saturated heterocycles. The molecule has 36 heavy (non-hydrogen) atoms. The van der Waals surface area contributed by atoms with Crippen LogP contribution in [0.2, 0.25) is 0 Å². The predicted molar refractivity (Wildman–Crippen MR) is 131 cm³/mol. The van der Waals surface area contributed by atoms with Gasteiger partial charge in [-0.2, -0.15) is 0 Å². The third-order valence-electron chi connectivity index (χ3n) is 5.52. The number of aliphatic hydroxyl groups excluding tert-OH is 1. The normalized spacial score (nSPS) is 13.3. The number of anilines is 1. The molecule has 0 radical (unpaired) electrons. The number of nitrogens with zero attached hydrogens (tertiary/aromatic N) is 5. The third kappa shape index (κ3) is 4.75. The van der Waals surface area contributed by atoms with Crippen molar-refractivity contribution in [3.8, 4) is 28.8 Å². The SMILES string of the molecule is COc1cccc(OC)c1-n1c(NS(=O)(=O)[C@H](C)[C@@H](O)c2cnc(C)cn2)nnc1-c1ccc(C)o1. The van der Waals surface area contributed by atoms with Crippen molar-refractivity contribution in [1.82, 2.24) is 24.7 Å². The van der Waals surface area contributed by atoms with Gasteiger partial charge in [-0.15, -0.1) is 10.2 Å². The summed E-state index contributed by atoms with van der Waals surface area (Å²) >= 11 is 0. The van der Waals surface area contributed by atoms with E-state index in [1.165, 1.54) is 38.1 Å². The summed E-state index contributed by atoms with van der Waals surface area (Å²) in [5, 5.41) is 17.7. The maximum absolute atomic E-state index is 13.3.